The lowest BCUT2D eigenvalue weighted by atomic mass is 10.2. The molecule has 0 aliphatic carbocycles. The molecule has 0 aliphatic heterocycles. The van der Waals surface area contributed by atoms with Crippen LogP contribution in [0.25, 0.3) is 10.6 Å². The second kappa shape index (κ2) is 7.27. The summed E-state index contributed by atoms with van der Waals surface area (Å²) in [5.41, 5.74) is 0.554. The van der Waals surface area contributed by atoms with E-state index in [1.165, 1.54) is 17.0 Å². The third-order valence-corrected chi connectivity index (χ3v) is 4.50. The number of hydrogen-bond donors (Lipinski definition) is 1. The molecule has 0 saturated carbocycles. The summed E-state index contributed by atoms with van der Waals surface area (Å²) in [6.07, 6.45) is 2.12. The first-order chi connectivity index (χ1) is 11.7. The van der Waals surface area contributed by atoms with E-state index in [-0.39, 0.29) is 23.3 Å². The highest BCUT2D eigenvalue weighted by Gasteiger charge is 2.16. The first kappa shape index (κ1) is 16.2. The van der Waals surface area contributed by atoms with Gasteiger partial charge in [-0.15, -0.1) is 11.3 Å². The van der Waals surface area contributed by atoms with Gasteiger partial charge in [0.25, 0.3) is 11.5 Å². The summed E-state index contributed by atoms with van der Waals surface area (Å²) >= 11 is 1.56. The van der Waals surface area contributed by atoms with Crippen LogP contribution in [-0.4, -0.2) is 21.7 Å². The molecule has 7 heteroatoms. The minimum atomic E-state index is -0.297. The first-order valence-corrected chi connectivity index (χ1v) is 8.51. The Morgan fingerprint density at radius 3 is 2.88 bits per heavy atom. The van der Waals surface area contributed by atoms with Gasteiger partial charge >= 0.3 is 0 Å². The van der Waals surface area contributed by atoms with Gasteiger partial charge in [-0.2, -0.15) is 5.10 Å². The lowest BCUT2D eigenvalue weighted by Gasteiger charge is -2.17. The standard InChI is InChI=1S/C17H17N3O3S/c1-2-12(18-17(22)14-5-3-9-23-14)11-20-16(21)8-7-13(19-20)15-6-4-10-24-15/h3-10,12H,2,11H2,1H3,(H,18,22)/t12-/m0/s1. The van der Waals surface area contributed by atoms with Gasteiger partial charge in [-0.25, -0.2) is 4.68 Å². The van der Waals surface area contributed by atoms with Gasteiger partial charge in [0, 0.05) is 12.1 Å². The average Bonchev–Trinajstić information content (AvgIpc) is 3.29. The summed E-state index contributed by atoms with van der Waals surface area (Å²) in [4.78, 5) is 25.2. The molecule has 124 valence electrons. The van der Waals surface area contributed by atoms with Crippen molar-refractivity contribution in [3.8, 4) is 10.6 Å². The van der Waals surface area contributed by atoms with Crippen LogP contribution in [0.3, 0.4) is 0 Å². The van der Waals surface area contributed by atoms with Crippen LogP contribution < -0.4 is 10.9 Å². The number of nitrogens with zero attached hydrogens (tertiary/aromatic N) is 2. The van der Waals surface area contributed by atoms with Crippen LogP contribution in [0.1, 0.15) is 23.9 Å². The summed E-state index contributed by atoms with van der Waals surface area (Å²) in [6.45, 7) is 2.25. The van der Waals surface area contributed by atoms with Gasteiger partial charge < -0.3 is 9.73 Å². The molecule has 3 heterocycles. The number of nitrogens with one attached hydrogen (secondary N) is 1. The number of furan rings is 1. The molecular weight excluding hydrogens is 326 g/mol. The van der Waals surface area contributed by atoms with Gasteiger partial charge in [0.05, 0.1) is 17.7 Å². The van der Waals surface area contributed by atoms with Crippen molar-refractivity contribution < 1.29 is 9.21 Å². The predicted octanol–water partition coefficient (Wildman–Crippen LogP) is 2.77. The van der Waals surface area contributed by atoms with Crippen molar-refractivity contribution in [1.82, 2.24) is 15.1 Å². The maximum absolute atomic E-state index is 12.1. The Balaban J connectivity index is 1.77. The molecule has 24 heavy (non-hydrogen) atoms. The monoisotopic (exact) mass is 343 g/mol. The summed E-state index contributed by atoms with van der Waals surface area (Å²) in [5.74, 6) is -0.0459. The van der Waals surface area contributed by atoms with Gasteiger partial charge in [0.15, 0.2) is 5.76 Å². The Morgan fingerprint density at radius 2 is 2.21 bits per heavy atom. The average molecular weight is 343 g/mol. The molecule has 0 unspecified atom stereocenters. The van der Waals surface area contributed by atoms with E-state index in [0.717, 1.165) is 10.6 Å². The van der Waals surface area contributed by atoms with Crippen molar-refractivity contribution in [2.24, 2.45) is 0 Å². The molecule has 3 aromatic heterocycles. The topological polar surface area (TPSA) is 77.1 Å². The lowest BCUT2D eigenvalue weighted by molar-refractivity contribution is 0.0902. The fourth-order valence-corrected chi connectivity index (χ4v) is 2.98. The molecule has 0 radical (unpaired) electrons. The van der Waals surface area contributed by atoms with Crippen molar-refractivity contribution >= 4 is 17.2 Å². The maximum Gasteiger partial charge on any atom is 0.287 e. The molecule has 1 atom stereocenters. The van der Waals surface area contributed by atoms with E-state index in [9.17, 15) is 9.59 Å². The number of rotatable bonds is 6. The van der Waals surface area contributed by atoms with Crippen LogP contribution in [0.5, 0.6) is 0 Å². The smallest absolute Gasteiger partial charge is 0.287 e. The number of thiophene rings is 1. The summed E-state index contributed by atoms with van der Waals surface area (Å²) in [7, 11) is 0. The number of carbonyl (C=O) groups is 1. The summed E-state index contributed by atoms with van der Waals surface area (Å²) < 4.78 is 6.48. The Hall–Kier alpha value is -2.67. The third-order valence-electron chi connectivity index (χ3n) is 3.61. The Labute approximate surface area is 142 Å². The van der Waals surface area contributed by atoms with E-state index in [0.29, 0.717) is 13.0 Å². The van der Waals surface area contributed by atoms with E-state index >= 15 is 0 Å². The molecule has 1 N–H and O–H groups in total. The highest BCUT2D eigenvalue weighted by molar-refractivity contribution is 7.13. The van der Waals surface area contributed by atoms with Gasteiger partial charge in [-0.3, -0.25) is 9.59 Å². The van der Waals surface area contributed by atoms with Crippen LogP contribution in [0.2, 0.25) is 0 Å². The van der Waals surface area contributed by atoms with Gasteiger partial charge in [0.2, 0.25) is 0 Å². The van der Waals surface area contributed by atoms with Crippen molar-refractivity contribution in [1.29, 1.82) is 0 Å². The third kappa shape index (κ3) is 3.62. The van der Waals surface area contributed by atoms with E-state index < -0.39 is 0 Å². The molecule has 0 bridgehead atoms. The van der Waals surface area contributed by atoms with Crippen molar-refractivity contribution in [3.63, 3.8) is 0 Å². The van der Waals surface area contributed by atoms with Crippen LogP contribution in [-0.2, 0) is 6.54 Å². The molecule has 6 nitrogen and oxygen atoms in total. The largest absolute Gasteiger partial charge is 0.459 e. The Morgan fingerprint density at radius 1 is 1.33 bits per heavy atom. The number of hydrogen-bond acceptors (Lipinski definition) is 5. The number of carbonyl (C=O) groups excluding carboxylic acids is 1. The zero-order chi connectivity index (χ0) is 16.9. The van der Waals surface area contributed by atoms with Gasteiger partial charge in [-0.05, 0) is 36.1 Å². The zero-order valence-electron chi connectivity index (χ0n) is 13.1. The van der Waals surface area contributed by atoms with Crippen molar-refractivity contribution in [3.05, 3.63) is 64.2 Å². The van der Waals surface area contributed by atoms with Crippen LogP contribution in [0, 0.1) is 0 Å². The molecule has 0 aromatic carbocycles. The fourth-order valence-electron chi connectivity index (χ4n) is 2.29. The van der Waals surface area contributed by atoms with Crippen LogP contribution in [0.15, 0.2) is 57.3 Å². The van der Waals surface area contributed by atoms with E-state index in [4.69, 9.17) is 4.42 Å². The lowest BCUT2D eigenvalue weighted by Crippen LogP contribution is -2.40. The van der Waals surface area contributed by atoms with Crippen LogP contribution >= 0.6 is 11.3 Å². The zero-order valence-corrected chi connectivity index (χ0v) is 14.0. The molecule has 0 fully saturated rings. The molecule has 1 amide bonds. The molecular formula is C17H17N3O3S. The molecule has 3 aromatic rings. The highest BCUT2D eigenvalue weighted by Crippen LogP contribution is 2.21. The second-order valence-corrected chi connectivity index (χ2v) is 6.22. The summed E-state index contributed by atoms with van der Waals surface area (Å²) in [5, 5.41) is 9.24. The Kier molecular flexibility index (Phi) is 4.90. The quantitative estimate of drug-likeness (QED) is 0.746. The molecule has 0 saturated heterocycles. The maximum atomic E-state index is 12.1. The van der Waals surface area contributed by atoms with Gasteiger partial charge in [-0.1, -0.05) is 13.0 Å². The van der Waals surface area contributed by atoms with E-state index in [1.807, 2.05) is 24.4 Å². The highest BCUT2D eigenvalue weighted by atomic mass is 32.1. The van der Waals surface area contributed by atoms with E-state index in [2.05, 4.69) is 10.4 Å². The minimum Gasteiger partial charge on any atom is -0.459 e. The fraction of sp³-hybridized carbons (Fsp3) is 0.235. The summed E-state index contributed by atoms with van der Waals surface area (Å²) in [6, 6.07) is 10.2. The number of amides is 1. The normalized spacial score (nSPS) is 12.0. The minimum absolute atomic E-state index is 0.194. The van der Waals surface area contributed by atoms with Gasteiger partial charge in [0.1, 0.15) is 5.69 Å². The van der Waals surface area contributed by atoms with Crippen molar-refractivity contribution in [2.75, 3.05) is 0 Å². The predicted molar refractivity (Wildman–Crippen MR) is 92.1 cm³/mol. The molecule has 0 spiro atoms. The van der Waals surface area contributed by atoms with Crippen molar-refractivity contribution in [2.45, 2.75) is 25.9 Å². The molecule has 0 aliphatic rings. The second-order valence-electron chi connectivity index (χ2n) is 5.27. The van der Waals surface area contributed by atoms with Crippen LogP contribution in [0.4, 0.5) is 0 Å². The van der Waals surface area contributed by atoms with E-state index in [1.54, 1.807) is 29.5 Å². The molecule has 3 rings (SSSR count). The number of aromatic nitrogens is 2. The SMILES string of the molecule is CC[C@@H](Cn1nc(-c2cccs2)ccc1=O)NC(=O)c1ccco1. The first-order valence-electron chi connectivity index (χ1n) is 7.63. The Bertz CT molecular complexity index is 854.